The summed E-state index contributed by atoms with van der Waals surface area (Å²) in [5, 5.41) is 26.3. The monoisotopic (exact) mass is 417 g/mol. The molecule has 28 heavy (non-hydrogen) atoms. The minimum atomic E-state index is -5.94. The maximum absolute atomic E-state index is 12.5. The zero-order chi connectivity index (χ0) is 20.9. The summed E-state index contributed by atoms with van der Waals surface area (Å²) in [6.45, 7) is -0.690. The van der Waals surface area contributed by atoms with Gasteiger partial charge in [-0.25, -0.2) is 0 Å². The molecule has 0 spiro atoms. The van der Waals surface area contributed by atoms with E-state index in [1.165, 1.54) is 24.3 Å². The van der Waals surface area contributed by atoms with Gasteiger partial charge in [-0.15, -0.1) is 0 Å². The predicted octanol–water partition coefficient (Wildman–Crippen LogP) is 2.07. The Labute approximate surface area is 157 Å². The molecule has 0 aromatic heterocycles. The number of hydrogen-bond acceptors (Lipinski definition) is 8. The Kier molecular flexibility index (Phi) is 6.52. The molecule has 0 aliphatic heterocycles. The molecule has 0 heterocycles. The van der Waals surface area contributed by atoms with Crippen molar-refractivity contribution in [2.45, 2.75) is 12.1 Å². The third-order valence-corrected chi connectivity index (χ3v) is 4.09. The van der Waals surface area contributed by atoms with Gasteiger partial charge in [-0.05, 0) is 42.5 Å². The van der Waals surface area contributed by atoms with Crippen LogP contribution in [0.25, 0.3) is 0 Å². The Morgan fingerprint density at radius 2 is 1.68 bits per heavy atom. The number of nitrogens with zero attached hydrogens (tertiary/aromatic N) is 1. The van der Waals surface area contributed by atoms with Gasteiger partial charge in [0.15, 0.2) is 0 Å². The fraction of sp³-hybridized carbons (Fsp3) is 0.133. The van der Waals surface area contributed by atoms with E-state index in [0.717, 1.165) is 18.2 Å². The second kappa shape index (κ2) is 8.49. The average molecular weight is 417 g/mol. The Bertz CT molecular complexity index is 973. The summed E-state index contributed by atoms with van der Waals surface area (Å²) in [7, 11) is -8.20. The standard InChI is InChI=1S/C15H11BF3NO7S/c17-15(18,19)28(23,24)27-14-6-5-13(7-11(14)9-25-16(21)22)26-12-3-1-10(8-20)2-4-12/h1-7,21-22H,9H2. The van der Waals surface area contributed by atoms with E-state index >= 15 is 0 Å². The lowest BCUT2D eigenvalue weighted by Gasteiger charge is -2.15. The third-order valence-electron chi connectivity index (χ3n) is 3.12. The first-order valence-corrected chi connectivity index (χ1v) is 8.72. The molecule has 0 saturated heterocycles. The molecule has 2 rings (SSSR count). The van der Waals surface area contributed by atoms with Crippen LogP contribution in [0.3, 0.4) is 0 Å². The first kappa shape index (κ1) is 21.5. The molecule has 0 amide bonds. The van der Waals surface area contributed by atoms with E-state index in [-0.39, 0.29) is 17.1 Å². The van der Waals surface area contributed by atoms with Crippen molar-refractivity contribution < 1.29 is 45.2 Å². The number of hydrogen-bond donors (Lipinski definition) is 2. The summed E-state index contributed by atoms with van der Waals surface area (Å²) in [4.78, 5) is 0. The Morgan fingerprint density at radius 1 is 1.07 bits per heavy atom. The Hall–Kier alpha value is -2.79. The van der Waals surface area contributed by atoms with Crippen LogP contribution in [-0.2, 0) is 21.4 Å². The second-order valence-electron chi connectivity index (χ2n) is 5.13. The van der Waals surface area contributed by atoms with Gasteiger partial charge in [0.2, 0.25) is 0 Å². The van der Waals surface area contributed by atoms with Crippen LogP contribution in [0.1, 0.15) is 11.1 Å². The highest BCUT2D eigenvalue weighted by atomic mass is 32.2. The van der Waals surface area contributed by atoms with Gasteiger partial charge in [0.25, 0.3) is 0 Å². The van der Waals surface area contributed by atoms with Crippen LogP contribution in [-0.4, -0.2) is 31.3 Å². The summed E-state index contributed by atoms with van der Waals surface area (Å²) in [6.07, 6.45) is 0. The zero-order valence-corrected chi connectivity index (χ0v) is 14.6. The van der Waals surface area contributed by atoms with Crippen molar-refractivity contribution in [3.05, 3.63) is 53.6 Å². The largest absolute Gasteiger partial charge is 0.634 e. The van der Waals surface area contributed by atoms with Crippen LogP contribution in [0.5, 0.6) is 17.2 Å². The van der Waals surface area contributed by atoms with E-state index in [1.54, 1.807) is 0 Å². The summed E-state index contributed by atoms with van der Waals surface area (Å²) in [5.74, 6) is -0.387. The molecule has 0 aliphatic rings. The number of halogens is 3. The fourth-order valence-corrected chi connectivity index (χ4v) is 2.37. The van der Waals surface area contributed by atoms with Gasteiger partial charge in [0.1, 0.15) is 17.2 Å². The lowest BCUT2D eigenvalue weighted by molar-refractivity contribution is -0.0500. The smallest absolute Gasteiger partial charge is 0.457 e. The van der Waals surface area contributed by atoms with Crippen LogP contribution in [0, 0.1) is 11.3 Å². The van der Waals surface area contributed by atoms with Gasteiger partial charge in [-0.1, -0.05) is 0 Å². The van der Waals surface area contributed by atoms with Crippen molar-refractivity contribution in [1.29, 1.82) is 5.26 Å². The summed E-state index contributed by atoms with van der Waals surface area (Å²) >= 11 is 0. The summed E-state index contributed by atoms with van der Waals surface area (Å²) in [6, 6.07) is 10.9. The molecule has 2 aromatic rings. The Morgan fingerprint density at radius 3 is 2.21 bits per heavy atom. The molecule has 148 valence electrons. The minimum Gasteiger partial charge on any atom is -0.457 e. The summed E-state index contributed by atoms with van der Waals surface area (Å²) in [5.41, 5.74) is -5.54. The number of rotatable bonds is 7. The maximum atomic E-state index is 12.5. The van der Waals surface area contributed by atoms with Gasteiger partial charge in [0, 0.05) is 5.56 Å². The van der Waals surface area contributed by atoms with Crippen molar-refractivity contribution >= 4 is 17.4 Å². The van der Waals surface area contributed by atoms with Crippen molar-refractivity contribution in [1.82, 2.24) is 0 Å². The molecule has 0 saturated carbocycles. The van der Waals surface area contributed by atoms with E-state index in [4.69, 9.17) is 20.0 Å². The zero-order valence-electron chi connectivity index (χ0n) is 13.8. The van der Waals surface area contributed by atoms with Crippen LogP contribution in [0.2, 0.25) is 0 Å². The van der Waals surface area contributed by atoms with Gasteiger partial charge in [-0.3, -0.25) is 0 Å². The molecule has 2 aromatic carbocycles. The van der Waals surface area contributed by atoms with Crippen molar-refractivity contribution in [2.75, 3.05) is 0 Å². The van der Waals surface area contributed by atoms with E-state index in [2.05, 4.69) is 8.84 Å². The molecule has 0 aliphatic carbocycles. The molecular formula is C15H11BF3NO7S. The second-order valence-corrected chi connectivity index (χ2v) is 6.67. The highest BCUT2D eigenvalue weighted by Gasteiger charge is 2.48. The van der Waals surface area contributed by atoms with Crippen LogP contribution in [0.4, 0.5) is 13.2 Å². The normalized spacial score (nSPS) is 11.6. The van der Waals surface area contributed by atoms with Gasteiger partial charge in [-0.2, -0.15) is 26.9 Å². The highest BCUT2D eigenvalue weighted by molar-refractivity contribution is 7.88. The van der Waals surface area contributed by atoms with Crippen LogP contribution in [0.15, 0.2) is 42.5 Å². The van der Waals surface area contributed by atoms with E-state index in [0.29, 0.717) is 5.56 Å². The Balaban J connectivity index is 2.32. The minimum absolute atomic E-state index is 0.0625. The van der Waals surface area contributed by atoms with Gasteiger partial charge in [0.05, 0.1) is 18.2 Å². The van der Waals surface area contributed by atoms with Gasteiger partial charge >= 0.3 is 22.9 Å². The molecule has 0 unspecified atom stereocenters. The van der Waals surface area contributed by atoms with Gasteiger partial charge < -0.3 is 23.6 Å². The van der Waals surface area contributed by atoms with Crippen LogP contribution >= 0.6 is 0 Å². The number of nitriles is 1. The van der Waals surface area contributed by atoms with E-state index in [1.807, 2.05) is 6.07 Å². The third kappa shape index (κ3) is 5.60. The topological polar surface area (TPSA) is 126 Å². The number of alkyl halides is 3. The number of benzene rings is 2. The molecule has 13 heteroatoms. The average Bonchev–Trinajstić information content (AvgIpc) is 2.61. The summed E-state index contributed by atoms with van der Waals surface area (Å²) < 4.78 is 74.0. The van der Waals surface area contributed by atoms with E-state index < -0.39 is 35.3 Å². The highest BCUT2D eigenvalue weighted by Crippen LogP contribution is 2.32. The molecule has 0 radical (unpaired) electrons. The van der Waals surface area contributed by atoms with Crippen molar-refractivity contribution in [3.8, 4) is 23.3 Å². The quantitative estimate of drug-likeness (QED) is 0.399. The van der Waals surface area contributed by atoms with E-state index in [9.17, 15) is 21.6 Å². The van der Waals surface area contributed by atoms with Crippen molar-refractivity contribution in [3.63, 3.8) is 0 Å². The molecule has 8 nitrogen and oxygen atoms in total. The lowest BCUT2D eigenvalue weighted by atomic mass is 10.2. The first-order chi connectivity index (χ1) is 13.0. The SMILES string of the molecule is N#Cc1ccc(Oc2ccc(OS(=O)(=O)C(F)(F)F)c(COB(O)O)c2)cc1. The molecular weight excluding hydrogens is 406 g/mol. The lowest BCUT2D eigenvalue weighted by Crippen LogP contribution is -2.28. The van der Waals surface area contributed by atoms with Crippen molar-refractivity contribution in [2.24, 2.45) is 0 Å². The van der Waals surface area contributed by atoms with Crippen LogP contribution < -0.4 is 8.92 Å². The molecule has 0 atom stereocenters. The number of ether oxygens (including phenoxy) is 1. The maximum Gasteiger partial charge on any atom is 0.634 e. The molecule has 0 bridgehead atoms. The molecule has 0 fully saturated rings. The first-order valence-electron chi connectivity index (χ1n) is 7.31. The molecule has 2 N–H and O–H groups in total. The fourth-order valence-electron chi connectivity index (χ4n) is 1.88. The predicted molar refractivity (Wildman–Crippen MR) is 88.3 cm³/mol.